The normalized spacial score (nSPS) is 9.89. The van der Waals surface area contributed by atoms with Crippen molar-refractivity contribution in [1.82, 2.24) is 9.97 Å². The molecule has 0 atom stereocenters. The second-order valence-corrected chi connectivity index (χ2v) is 5.69. The van der Waals surface area contributed by atoms with Gasteiger partial charge in [-0.05, 0) is 35.9 Å². The van der Waals surface area contributed by atoms with Crippen molar-refractivity contribution in [2.75, 3.05) is 16.0 Å². The van der Waals surface area contributed by atoms with Crippen molar-refractivity contribution >= 4 is 29.0 Å². The Kier molecular flexibility index (Phi) is 5.94. The van der Waals surface area contributed by atoms with Crippen LogP contribution in [-0.2, 0) is 11.3 Å². The molecule has 7 nitrogen and oxygen atoms in total. The number of anilines is 4. The molecule has 0 aliphatic carbocycles. The van der Waals surface area contributed by atoms with Crippen LogP contribution in [0.5, 0.6) is 0 Å². The molecule has 3 N–H and O–H groups in total. The fourth-order valence-corrected chi connectivity index (χ4v) is 2.40. The van der Waals surface area contributed by atoms with E-state index in [9.17, 15) is 4.79 Å². The summed E-state index contributed by atoms with van der Waals surface area (Å²) >= 11 is 0. The van der Waals surface area contributed by atoms with Gasteiger partial charge in [-0.15, -0.1) is 0 Å². The van der Waals surface area contributed by atoms with Crippen LogP contribution in [0.15, 0.2) is 66.9 Å². The number of amides is 1. The van der Waals surface area contributed by atoms with Crippen LogP contribution >= 0.6 is 0 Å². The van der Waals surface area contributed by atoms with Gasteiger partial charge in [-0.25, -0.2) is 4.98 Å². The minimum absolute atomic E-state index is 0.166. The number of benzene rings is 2. The predicted octanol–water partition coefficient (Wildman–Crippen LogP) is 3.68. The summed E-state index contributed by atoms with van der Waals surface area (Å²) in [6.07, 6.45) is 1.51. The molecule has 2 aromatic carbocycles. The van der Waals surface area contributed by atoms with Gasteiger partial charge in [-0.1, -0.05) is 30.3 Å². The molecule has 0 aliphatic rings. The largest absolute Gasteiger partial charge is 0.366 e. The second-order valence-electron chi connectivity index (χ2n) is 5.69. The monoisotopic (exact) mass is 358 g/mol. The number of rotatable bonds is 7. The van der Waals surface area contributed by atoms with Crippen LogP contribution in [0.1, 0.15) is 12.0 Å². The minimum atomic E-state index is -0.324. The van der Waals surface area contributed by atoms with Crippen molar-refractivity contribution in [3.05, 3.63) is 72.4 Å². The van der Waals surface area contributed by atoms with Crippen LogP contribution in [0, 0.1) is 11.3 Å². The lowest BCUT2D eigenvalue weighted by Crippen LogP contribution is -2.10. The van der Waals surface area contributed by atoms with Crippen LogP contribution in [0.4, 0.5) is 23.1 Å². The van der Waals surface area contributed by atoms with Crippen molar-refractivity contribution < 1.29 is 4.79 Å². The van der Waals surface area contributed by atoms with E-state index < -0.39 is 0 Å². The third kappa shape index (κ3) is 5.54. The van der Waals surface area contributed by atoms with Gasteiger partial charge in [-0.2, -0.15) is 10.2 Å². The lowest BCUT2D eigenvalue weighted by atomic mass is 10.2. The topological polar surface area (TPSA) is 103 Å². The highest BCUT2D eigenvalue weighted by Crippen LogP contribution is 2.15. The molecule has 27 heavy (non-hydrogen) atoms. The standard InChI is InChI=1S/C20H18N6O/c21-11-9-19(27)24-17-8-4-5-15(13-17)14-23-18-10-12-22-20(26-18)25-16-6-2-1-3-7-16/h1-8,10,12-13H,9,14H2,(H,24,27)(H2,22,23,25,26). The molecule has 7 heteroatoms. The van der Waals surface area contributed by atoms with Gasteiger partial charge in [0.15, 0.2) is 0 Å². The highest BCUT2D eigenvalue weighted by Gasteiger charge is 2.03. The van der Waals surface area contributed by atoms with Crippen LogP contribution in [0.25, 0.3) is 0 Å². The van der Waals surface area contributed by atoms with E-state index in [-0.39, 0.29) is 12.3 Å². The van der Waals surface area contributed by atoms with E-state index in [4.69, 9.17) is 5.26 Å². The number of hydrogen-bond acceptors (Lipinski definition) is 6. The van der Waals surface area contributed by atoms with Crippen LogP contribution in [-0.4, -0.2) is 15.9 Å². The molecule has 0 aliphatic heterocycles. The number of nitriles is 1. The Labute approximate surface area is 157 Å². The summed E-state index contributed by atoms with van der Waals surface area (Å²) in [5.41, 5.74) is 2.54. The Hall–Kier alpha value is -3.92. The highest BCUT2D eigenvalue weighted by molar-refractivity contribution is 5.92. The smallest absolute Gasteiger partial charge is 0.238 e. The molecule has 0 saturated carbocycles. The van der Waals surface area contributed by atoms with Gasteiger partial charge >= 0.3 is 0 Å². The number of nitrogens with one attached hydrogen (secondary N) is 3. The summed E-state index contributed by atoms with van der Waals surface area (Å²) in [5, 5.41) is 17.6. The molecule has 0 fully saturated rings. The van der Waals surface area contributed by atoms with Crippen LogP contribution < -0.4 is 16.0 Å². The summed E-state index contributed by atoms with van der Waals surface area (Å²) in [6.45, 7) is 0.531. The van der Waals surface area contributed by atoms with Gasteiger partial charge < -0.3 is 16.0 Å². The maximum atomic E-state index is 11.5. The van der Waals surface area contributed by atoms with Crippen molar-refractivity contribution in [3.8, 4) is 6.07 Å². The molecule has 0 unspecified atom stereocenters. The zero-order chi connectivity index (χ0) is 18.9. The van der Waals surface area contributed by atoms with Gasteiger partial charge in [0.1, 0.15) is 12.2 Å². The lowest BCUT2D eigenvalue weighted by molar-refractivity contribution is -0.115. The van der Waals surface area contributed by atoms with Crippen LogP contribution in [0.2, 0.25) is 0 Å². The average Bonchev–Trinajstić information content (AvgIpc) is 2.68. The first-order valence-corrected chi connectivity index (χ1v) is 8.38. The summed E-state index contributed by atoms with van der Waals surface area (Å²) < 4.78 is 0. The number of carbonyl (C=O) groups excluding carboxylic acids is 1. The molecule has 0 radical (unpaired) electrons. The zero-order valence-electron chi connectivity index (χ0n) is 14.5. The summed E-state index contributed by atoms with van der Waals surface area (Å²) in [5.74, 6) is 0.862. The molecule has 0 saturated heterocycles. The fraction of sp³-hybridized carbons (Fsp3) is 0.100. The molecule has 3 rings (SSSR count). The summed E-state index contributed by atoms with van der Waals surface area (Å²) in [4.78, 5) is 20.2. The number of para-hydroxylation sites is 1. The number of carbonyl (C=O) groups is 1. The van der Waals surface area contributed by atoms with E-state index in [1.807, 2.05) is 54.6 Å². The van der Waals surface area contributed by atoms with Gasteiger partial charge in [0.25, 0.3) is 0 Å². The first-order chi connectivity index (χ1) is 13.2. The molecule has 1 aromatic heterocycles. The summed E-state index contributed by atoms with van der Waals surface area (Å²) in [6, 6.07) is 20.7. The molecule has 0 spiro atoms. The lowest BCUT2D eigenvalue weighted by Gasteiger charge is -2.10. The van der Waals surface area contributed by atoms with Crippen molar-refractivity contribution in [2.45, 2.75) is 13.0 Å². The molecule has 3 aromatic rings. The fourth-order valence-electron chi connectivity index (χ4n) is 2.40. The van der Waals surface area contributed by atoms with E-state index in [1.165, 1.54) is 0 Å². The Bertz CT molecular complexity index is 952. The Balaban J connectivity index is 1.61. The quantitative estimate of drug-likeness (QED) is 0.595. The number of nitrogens with zero attached hydrogens (tertiary/aromatic N) is 3. The van der Waals surface area contributed by atoms with Crippen molar-refractivity contribution in [3.63, 3.8) is 0 Å². The van der Waals surface area contributed by atoms with E-state index in [0.717, 1.165) is 11.3 Å². The first kappa shape index (κ1) is 17.9. The second kappa shape index (κ2) is 8.97. The third-order valence-corrected chi connectivity index (χ3v) is 3.61. The Morgan fingerprint density at radius 3 is 2.67 bits per heavy atom. The molecule has 1 heterocycles. The highest BCUT2D eigenvalue weighted by atomic mass is 16.1. The van der Waals surface area contributed by atoms with E-state index >= 15 is 0 Å². The molecular formula is C20H18N6O. The van der Waals surface area contributed by atoms with Gasteiger partial charge in [0, 0.05) is 24.1 Å². The van der Waals surface area contributed by atoms with E-state index in [2.05, 4.69) is 25.9 Å². The van der Waals surface area contributed by atoms with E-state index in [0.29, 0.717) is 24.0 Å². The molecule has 1 amide bonds. The average molecular weight is 358 g/mol. The van der Waals surface area contributed by atoms with Gasteiger partial charge in [0.05, 0.1) is 6.07 Å². The Morgan fingerprint density at radius 2 is 1.85 bits per heavy atom. The SMILES string of the molecule is N#CCC(=O)Nc1cccc(CNc2ccnc(Nc3ccccc3)n2)c1. The number of hydrogen-bond donors (Lipinski definition) is 3. The van der Waals surface area contributed by atoms with Crippen LogP contribution in [0.3, 0.4) is 0 Å². The predicted molar refractivity (Wildman–Crippen MR) is 104 cm³/mol. The van der Waals surface area contributed by atoms with Crippen molar-refractivity contribution in [1.29, 1.82) is 5.26 Å². The van der Waals surface area contributed by atoms with Gasteiger partial charge in [-0.3, -0.25) is 4.79 Å². The maximum absolute atomic E-state index is 11.5. The first-order valence-electron chi connectivity index (χ1n) is 8.38. The molecule has 134 valence electrons. The number of aromatic nitrogens is 2. The maximum Gasteiger partial charge on any atom is 0.238 e. The minimum Gasteiger partial charge on any atom is -0.366 e. The van der Waals surface area contributed by atoms with Gasteiger partial charge in [0.2, 0.25) is 11.9 Å². The molecular weight excluding hydrogens is 340 g/mol. The van der Waals surface area contributed by atoms with Crippen molar-refractivity contribution in [2.24, 2.45) is 0 Å². The third-order valence-electron chi connectivity index (χ3n) is 3.61. The Morgan fingerprint density at radius 1 is 1.04 bits per heavy atom. The molecule has 0 bridgehead atoms. The summed E-state index contributed by atoms with van der Waals surface area (Å²) in [7, 11) is 0. The van der Waals surface area contributed by atoms with E-state index in [1.54, 1.807) is 18.3 Å². The zero-order valence-corrected chi connectivity index (χ0v) is 14.5.